The maximum atomic E-state index is 12.3. The van der Waals surface area contributed by atoms with Crippen molar-refractivity contribution in [1.82, 2.24) is 9.80 Å². The van der Waals surface area contributed by atoms with Crippen LogP contribution in [0.5, 0.6) is 0 Å². The van der Waals surface area contributed by atoms with E-state index in [0.717, 1.165) is 11.3 Å². The number of nitrogens with zero attached hydrogens (tertiary/aromatic N) is 2. The molecule has 3 atom stereocenters. The van der Waals surface area contributed by atoms with Crippen LogP contribution < -0.4 is 0 Å². The molecule has 0 spiro atoms. The summed E-state index contributed by atoms with van der Waals surface area (Å²) < 4.78 is 4.78. The molecule has 1 aliphatic heterocycles. The second-order valence-electron chi connectivity index (χ2n) is 5.04. The first-order valence-corrected chi connectivity index (χ1v) is 6.73. The van der Waals surface area contributed by atoms with Crippen molar-refractivity contribution in [2.24, 2.45) is 5.92 Å². The minimum Gasteiger partial charge on any atom is -0.467 e. The van der Waals surface area contributed by atoms with Gasteiger partial charge in [0.2, 0.25) is 5.91 Å². The standard InChI is InChI=1S/C13H22N2O5/c1-5-8(2)10(12(17)20-4)15-7-6-14(13(18)19)9(3)11(15)16/h8-10H,5-7H2,1-4H3,(H,18,19)/t8?,9-,10?/m0/s1. The molecule has 0 aromatic carbocycles. The number of rotatable bonds is 4. The van der Waals surface area contributed by atoms with Crippen LogP contribution in [0.2, 0.25) is 0 Å². The van der Waals surface area contributed by atoms with Crippen LogP contribution in [-0.4, -0.2) is 65.2 Å². The van der Waals surface area contributed by atoms with Crippen molar-refractivity contribution in [3.63, 3.8) is 0 Å². The average molecular weight is 286 g/mol. The molecule has 1 saturated heterocycles. The van der Waals surface area contributed by atoms with Crippen LogP contribution in [0.25, 0.3) is 0 Å². The number of ether oxygens (including phenoxy) is 1. The molecule has 7 nitrogen and oxygen atoms in total. The number of piperazine rings is 1. The van der Waals surface area contributed by atoms with E-state index < -0.39 is 24.1 Å². The molecule has 1 fully saturated rings. The number of carbonyl (C=O) groups is 3. The third-order valence-electron chi connectivity index (χ3n) is 3.90. The van der Waals surface area contributed by atoms with E-state index >= 15 is 0 Å². The lowest BCUT2D eigenvalue weighted by Gasteiger charge is -2.42. The Morgan fingerprint density at radius 2 is 2.05 bits per heavy atom. The normalized spacial score (nSPS) is 22.4. The molecule has 1 N–H and O–H groups in total. The lowest BCUT2D eigenvalue weighted by molar-refractivity contribution is -0.159. The highest BCUT2D eigenvalue weighted by atomic mass is 16.5. The number of amides is 2. The van der Waals surface area contributed by atoms with Gasteiger partial charge in [0, 0.05) is 13.1 Å². The Bertz CT molecular complexity index is 398. The van der Waals surface area contributed by atoms with Crippen LogP contribution >= 0.6 is 0 Å². The molecule has 0 aliphatic carbocycles. The summed E-state index contributed by atoms with van der Waals surface area (Å²) in [4.78, 5) is 37.8. The first kappa shape index (κ1) is 16.3. The van der Waals surface area contributed by atoms with Crippen molar-refractivity contribution in [3.05, 3.63) is 0 Å². The highest BCUT2D eigenvalue weighted by molar-refractivity contribution is 5.90. The van der Waals surface area contributed by atoms with E-state index in [2.05, 4.69) is 0 Å². The molecular weight excluding hydrogens is 264 g/mol. The van der Waals surface area contributed by atoms with Gasteiger partial charge in [-0.1, -0.05) is 20.3 Å². The zero-order chi connectivity index (χ0) is 15.4. The van der Waals surface area contributed by atoms with Gasteiger partial charge in [-0.25, -0.2) is 9.59 Å². The second-order valence-corrected chi connectivity index (χ2v) is 5.04. The molecule has 0 bridgehead atoms. The molecule has 1 heterocycles. The minimum absolute atomic E-state index is 0.0463. The highest BCUT2D eigenvalue weighted by Crippen LogP contribution is 2.21. The summed E-state index contributed by atoms with van der Waals surface area (Å²) in [6, 6.07) is -1.44. The topological polar surface area (TPSA) is 87.2 Å². The van der Waals surface area contributed by atoms with Crippen LogP contribution in [0.3, 0.4) is 0 Å². The molecule has 2 amide bonds. The van der Waals surface area contributed by atoms with Gasteiger partial charge in [-0.2, -0.15) is 0 Å². The molecule has 0 radical (unpaired) electrons. The van der Waals surface area contributed by atoms with Crippen molar-refractivity contribution in [3.8, 4) is 0 Å². The fourth-order valence-electron chi connectivity index (χ4n) is 2.44. The number of methoxy groups -OCH3 is 1. The van der Waals surface area contributed by atoms with E-state index in [-0.39, 0.29) is 24.9 Å². The van der Waals surface area contributed by atoms with Crippen LogP contribution in [0.15, 0.2) is 0 Å². The Hall–Kier alpha value is -1.79. The number of hydrogen-bond acceptors (Lipinski definition) is 4. The number of carboxylic acid groups (broad SMARTS) is 1. The van der Waals surface area contributed by atoms with E-state index in [1.54, 1.807) is 0 Å². The lowest BCUT2D eigenvalue weighted by atomic mass is 9.96. The van der Waals surface area contributed by atoms with Gasteiger partial charge < -0.3 is 14.7 Å². The van der Waals surface area contributed by atoms with E-state index in [4.69, 9.17) is 9.84 Å². The zero-order valence-electron chi connectivity index (χ0n) is 12.3. The molecule has 0 aromatic heterocycles. The molecule has 1 aliphatic rings. The Kier molecular flexibility index (Phi) is 5.35. The van der Waals surface area contributed by atoms with Gasteiger partial charge in [0.25, 0.3) is 0 Å². The lowest BCUT2D eigenvalue weighted by Crippen LogP contribution is -2.62. The smallest absolute Gasteiger partial charge is 0.408 e. The van der Waals surface area contributed by atoms with Gasteiger partial charge in [0.05, 0.1) is 7.11 Å². The SMILES string of the molecule is CCC(C)C(C(=O)OC)N1CCN(C(=O)O)[C@@H](C)C1=O. The van der Waals surface area contributed by atoms with Crippen molar-refractivity contribution < 1.29 is 24.2 Å². The van der Waals surface area contributed by atoms with Crippen molar-refractivity contribution in [2.45, 2.75) is 39.3 Å². The quantitative estimate of drug-likeness (QED) is 0.772. The van der Waals surface area contributed by atoms with Crippen LogP contribution in [0.4, 0.5) is 4.79 Å². The first-order chi connectivity index (χ1) is 9.34. The maximum Gasteiger partial charge on any atom is 0.408 e. The maximum absolute atomic E-state index is 12.3. The highest BCUT2D eigenvalue weighted by Gasteiger charge is 2.41. The van der Waals surface area contributed by atoms with E-state index in [1.165, 1.54) is 18.9 Å². The number of esters is 1. The molecule has 0 aromatic rings. The van der Waals surface area contributed by atoms with E-state index in [9.17, 15) is 14.4 Å². The largest absolute Gasteiger partial charge is 0.467 e. The Balaban J connectivity index is 2.97. The zero-order valence-corrected chi connectivity index (χ0v) is 12.3. The Morgan fingerprint density at radius 1 is 1.45 bits per heavy atom. The summed E-state index contributed by atoms with van der Waals surface area (Å²) in [6.45, 7) is 5.75. The van der Waals surface area contributed by atoms with Crippen LogP contribution in [-0.2, 0) is 14.3 Å². The van der Waals surface area contributed by atoms with Gasteiger partial charge in [0.1, 0.15) is 12.1 Å². The van der Waals surface area contributed by atoms with E-state index in [1.807, 2.05) is 13.8 Å². The van der Waals surface area contributed by atoms with Crippen molar-refractivity contribution in [1.29, 1.82) is 0 Å². The summed E-state index contributed by atoms with van der Waals surface area (Å²) in [5.41, 5.74) is 0. The average Bonchev–Trinajstić information content (AvgIpc) is 2.42. The third kappa shape index (κ3) is 3.02. The molecule has 7 heteroatoms. The van der Waals surface area contributed by atoms with E-state index in [0.29, 0.717) is 0 Å². The number of carbonyl (C=O) groups excluding carboxylic acids is 2. The molecule has 1 rings (SSSR count). The van der Waals surface area contributed by atoms with Crippen LogP contribution in [0.1, 0.15) is 27.2 Å². The predicted molar refractivity (Wildman–Crippen MR) is 71.2 cm³/mol. The molecule has 20 heavy (non-hydrogen) atoms. The minimum atomic E-state index is -1.12. The summed E-state index contributed by atoms with van der Waals surface area (Å²) in [6.07, 6.45) is -0.399. The molecule has 0 saturated carbocycles. The predicted octanol–water partition coefficient (Wildman–Crippen LogP) is 0.785. The molecular formula is C13H22N2O5. The second kappa shape index (κ2) is 6.58. The molecule has 114 valence electrons. The Labute approximate surface area is 118 Å². The summed E-state index contributed by atoms with van der Waals surface area (Å²) in [5, 5.41) is 9.03. The monoisotopic (exact) mass is 286 g/mol. The summed E-state index contributed by atoms with van der Waals surface area (Å²) in [5.74, 6) is -0.854. The fraction of sp³-hybridized carbons (Fsp3) is 0.769. The van der Waals surface area contributed by atoms with Gasteiger partial charge in [-0.3, -0.25) is 9.69 Å². The van der Waals surface area contributed by atoms with Gasteiger partial charge >= 0.3 is 12.1 Å². The van der Waals surface area contributed by atoms with Gasteiger partial charge in [-0.05, 0) is 12.8 Å². The molecule has 2 unspecified atom stereocenters. The van der Waals surface area contributed by atoms with Gasteiger partial charge in [-0.15, -0.1) is 0 Å². The van der Waals surface area contributed by atoms with Crippen LogP contribution in [0, 0.1) is 5.92 Å². The van der Waals surface area contributed by atoms with Crippen molar-refractivity contribution >= 4 is 18.0 Å². The first-order valence-electron chi connectivity index (χ1n) is 6.73. The Morgan fingerprint density at radius 3 is 2.50 bits per heavy atom. The summed E-state index contributed by atoms with van der Waals surface area (Å²) in [7, 11) is 1.29. The summed E-state index contributed by atoms with van der Waals surface area (Å²) >= 11 is 0. The van der Waals surface area contributed by atoms with Crippen molar-refractivity contribution in [2.75, 3.05) is 20.2 Å². The third-order valence-corrected chi connectivity index (χ3v) is 3.90. The van der Waals surface area contributed by atoms with Gasteiger partial charge in [0.15, 0.2) is 0 Å². The number of hydrogen-bond donors (Lipinski definition) is 1. The fourth-order valence-corrected chi connectivity index (χ4v) is 2.44.